The summed E-state index contributed by atoms with van der Waals surface area (Å²) < 4.78 is 11.4. The lowest BCUT2D eigenvalue weighted by Crippen LogP contribution is -2.54. The van der Waals surface area contributed by atoms with Crippen LogP contribution in [-0.2, 0) is 20.9 Å². The van der Waals surface area contributed by atoms with Gasteiger partial charge in [-0.3, -0.25) is 0 Å². The Morgan fingerprint density at radius 2 is 1.91 bits per heavy atom. The Kier molecular flexibility index (Phi) is 7.28. The number of hydrogen-bond acceptors (Lipinski definition) is 3. The van der Waals surface area contributed by atoms with Crippen LogP contribution in [0.1, 0.15) is 19.4 Å². The van der Waals surface area contributed by atoms with Gasteiger partial charge < -0.3 is 14.0 Å². The lowest BCUT2D eigenvalue weighted by molar-refractivity contribution is -0.903. The van der Waals surface area contributed by atoms with Gasteiger partial charge in [-0.15, -0.1) is 0 Å². The normalized spacial score (nSPS) is 12.7. The number of esters is 1. The van der Waals surface area contributed by atoms with Crippen molar-refractivity contribution in [1.82, 2.24) is 0 Å². The summed E-state index contributed by atoms with van der Waals surface area (Å²) in [5.74, 6) is -0.193. The van der Waals surface area contributed by atoms with Crippen LogP contribution in [0.25, 0.3) is 0 Å². The van der Waals surface area contributed by atoms with Gasteiger partial charge in [0.25, 0.3) is 0 Å². The summed E-state index contributed by atoms with van der Waals surface area (Å²) in [5.41, 5.74) is 2.14. The number of carbonyl (C=O) groups is 1. The molecule has 1 rings (SSSR count). The van der Waals surface area contributed by atoms with Crippen molar-refractivity contribution in [2.75, 3.05) is 33.9 Å². The highest BCUT2D eigenvalue weighted by molar-refractivity contribution is 5.70. The first-order valence-electron chi connectivity index (χ1n) is 7.62. The fraction of sp³-hybridized carbons (Fsp3) is 0.500. The van der Waals surface area contributed by atoms with Crippen LogP contribution in [0.5, 0.6) is 0 Å². The fourth-order valence-electron chi connectivity index (χ4n) is 2.45. The average Bonchev–Trinajstić information content (AvgIpc) is 2.43. The first-order valence-corrected chi connectivity index (χ1v) is 7.62. The van der Waals surface area contributed by atoms with Crippen molar-refractivity contribution < 1.29 is 18.8 Å². The average molecular weight is 306 g/mol. The van der Waals surface area contributed by atoms with E-state index < -0.39 is 0 Å². The van der Waals surface area contributed by atoms with Gasteiger partial charge in [-0.1, -0.05) is 36.9 Å². The largest absolute Gasteiger partial charge is 0.462 e. The van der Waals surface area contributed by atoms with Gasteiger partial charge in [0.1, 0.15) is 12.6 Å². The highest BCUT2D eigenvalue weighted by Gasteiger charge is 2.32. The molecular weight excluding hydrogens is 278 g/mol. The number of likely N-dealkylation sites (N-methyl/N-ethyl adjacent to an activating group) is 1. The number of ether oxygens (including phenoxy) is 2. The van der Waals surface area contributed by atoms with Gasteiger partial charge >= 0.3 is 5.97 Å². The lowest BCUT2D eigenvalue weighted by Gasteiger charge is -2.37. The van der Waals surface area contributed by atoms with E-state index >= 15 is 0 Å². The van der Waals surface area contributed by atoms with Crippen LogP contribution >= 0.6 is 0 Å². The van der Waals surface area contributed by atoms with Crippen molar-refractivity contribution in [3.63, 3.8) is 0 Å². The smallest absolute Gasteiger partial charge is 0.361 e. The maximum Gasteiger partial charge on any atom is 0.361 e. The molecule has 1 aromatic rings. The zero-order chi connectivity index (χ0) is 16.6. The molecule has 1 aromatic carbocycles. The Labute approximate surface area is 133 Å². The molecule has 0 spiro atoms. The monoisotopic (exact) mass is 306 g/mol. The topological polar surface area (TPSA) is 35.5 Å². The number of benzene rings is 1. The highest BCUT2D eigenvalue weighted by atomic mass is 16.5. The van der Waals surface area contributed by atoms with Crippen molar-refractivity contribution in [3.05, 3.63) is 48.0 Å². The molecule has 0 aromatic heterocycles. The molecule has 0 heterocycles. The molecule has 0 saturated carbocycles. The Balaban J connectivity index is 2.60. The van der Waals surface area contributed by atoms with E-state index in [0.717, 1.165) is 11.1 Å². The van der Waals surface area contributed by atoms with Crippen molar-refractivity contribution in [2.24, 2.45) is 0 Å². The molecule has 0 fully saturated rings. The third-order valence-electron chi connectivity index (χ3n) is 3.64. The van der Waals surface area contributed by atoms with Gasteiger partial charge in [0, 0.05) is 0 Å². The Hall–Kier alpha value is -1.65. The molecule has 22 heavy (non-hydrogen) atoms. The van der Waals surface area contributed by atoms with E-state index in [1.807, 2.05) is 58.3 Å². The van der Waals surface area contributed by atoms with E-state index in [2.05, 4.69) is 6.58 Å². The van der Waals surface area contributed by atoms with Crippen molar-refractivity contribution in [2.45, 2.75) is 26.5 Å². The fourth-order valence-corrected chi connectivity index (χ4v) is 2.45. The highest BCUT2D eigenvalue weighted by Crippen LogP contribution is 2.16. The Morgan fingerprint density at radius 3 is 2.45 bits per heavy atom. The van der Waals surface area contributed by atoms with E-state index in [0.29, 0.717) is 30.8 Å². The summed E-state index contributed by atoms with van der Waals surface area (Å²) >= 11 is 0. The predicted molar refractivity (Wildman–Crippen MR) is 88.3 cm³/mol. The molecule has 4 nitrogen and oxygen atoms in total. The molecule has 0 saturated heterocycles. The van der Waals surface area contributed by atoms with Gasteiger partial charge in [-0.25, -0.2) is 4.79 Å². The molecule has 0 aliphatic rings. The second kappa shape index (κ2) is 8.71. The molecule has 1 unspecified atom stereocenters. The van der Waals surface area contributed by atoms with E-state index in [1.54, 1.807) is 0 Å². The Morgan fingerprint density at radius 1 is 1.27 bits per heavy atom. The number of hydrogen-bond donors (Lipinski definition) is 0. The number of nitrogens with zero attached hydrogens (tertiary/aromatic N) is 1. The van der Waals surface area contributed by atoms with Crippen molar-refractivity contribution in [3.8, 4) is 0 Å². The van der Waals surface area contributed by atoms with E-state index in [9.17, 15) is 4.79 Å². The SMILES string of the molecule is C=C(C)C(COCc1ccccc1)[N+](C)(C)CC(=O)OCC. The molecule has 0 N–H and O–H groups in total. The summed E-state index contributed by atoms with van der Waals surface area (Å²) in [7, 11) is 4.00. The number of carbonyl (C=O) groups excluding carboxylic acids is 1. The lowest BCUT2D eigenvalue weighted by atomic mass is 10.1. The third kappa shape index (κ3) is 6.00. The Bertz CT molecular complexity index is 482. The van der Waals surface area contributed by atoms with Crippen LogP contribution < -0.4 is 0 Å². The van der Waals surface area contributed by atoms with Gasteiger partial charge in [-0.05, 0) is 25.0 Å². The third-order valence-corrected chi connectivity index (χ3v) is 3.64. The van der Waals surface area contributed by atoms with Gasteiger partial charge in [-0.2, -0.15) is 0 Å². The van der Waals surface area contributed by atoms with Crippen LogP contribution in [-0.4, -0.2) is 50.3 Å². The summed E-state index contributed by atoms with van der Waals surface area (Å²) in [4.78, 5) is 11.8. The van der Waals surface area contributed by atoms with Crippen LogP contribution in [0, 0.1) is 0 Å². The quantitative estimate of drug-likeness (QED) is 0.400. The summed E-state index contributed by atoms with van der Waals surface area (Å²) in [6, 6.07) is 10.1. The molecule has 122 valence electrons. The summed E-state index contributed by atoms with van der Waals surface area (Å²) in [6.07, 6.45) is 0. The van der Waals surface area contributed by atoms with E-state index in [1.165, 1.54) is 0 Å². The molecule has 0 amide bonds. The number of rotatable bonds is 9. The van der Waals surface area contributed by atoms with Crippen LogP contribution in [0.2, 0.25) is 0 Å². The second-order valence-electron chi connectivity index (χ2n) is 6.10. The zero-order valence-corrected chi connectivity index (χ0v) is 14.2. The van der Waals surface area contributed by atoms with Crippen LogP contribution in [0.3, 0.4) is 0 Å². The minimum absolute atomic E-state index is 0.0492. The minimum Gasteiger partial charge on any atom is -0.462 e. The van der Waals surface area contributed by atoms with Crippen LogP contribution in [0.4, 0.5) is 0 Å². The zero-order valence-electron chi connectivity index (χ0n) is 14.2. The molecular formula is C18H28NO3+. The molecule has 4 heteroatoms. The molecule has 0 aliphatic carbocycles. The molecule has 0 aliphatic heterocycles. The second-order valence-corrected chi connectivity index (χ2v) is 6.10. The first kappa shape index (κ1) is 18.4. The molecule has 0 radical (unpaired) electrons. The van der Waals surface area contributed by atoms with Gasteiger partial charge in [0.2, 0.25) is 0 Å². The maximum atomic E-state index is 11.8. The summed E-state index contributed by atoms with van der Waals surface area (Å²) in [5, 5.41) is 0. The first-order chi connectivity index (χ1) is 10.4. The minimum atomic E-state index is -0.193. The van der Waals surface area contributed by atoms with E-state index in [4.69, 9.17) is 9.47 Å². The summed E-state index contributed by atoms with van der Waals surface area (Å²) in [6.45, 7) is 9.64. The van der Waals surface area contributed by atoms with Crippen LogP contribution in [0.15, 0.2) is 42.5 Å². The standard InChI is InChI=1S/C18H28NO3/c1-6-22-18(20)12-19(4,5)17(15(2)3)14-21-13-16-10-8-7-9-11-16/h7-11,17H,2,6,12-14H2,1,3-5H3/q+1. The molecule has 1 atom stereocenters. The number of quaternary nitrogens is 1. The molecule has 0 bridgehead atoms. The van der Waals surface area contributed by atoms with Crippen molar-refractivity contribution in [1.29, 1.82) is 0 Å². The van der Waals surface area contributed by atoms with Gasteiger partial charge in [0.05, 0.1) is 27.3 Å². The van der Waals surface area contributed by atoms with Gasteiger partial charge in [0.15, 0.2) is 6.54 Å². The maximum absolute atomic E-state index is 11.8. The van der Waals surface area contributed by atoms with E-state index in [-0.39, 0.29) is 12.0 Å². The van der Waals surface area contributed by atoms with Crippen molar-refractivity contribution >= 4 is 5.97 Å². The predicted octanol–water partition coefficient (Wildman–Crippen LogP) is 2.79.